The third-order valence-electron chi connectivity index (χ3n) is 1.50. The topological polar surface area (TPSA) is 101 Å². The standard InChI is InChI=1S/C12H20O8/c1-9(19-11(14)15)16-7-8-17-10(13)5-6-18-20-12(2,3)4/h5-6,9H,7-8H2,1-4H3,(H,14,15). The average molecular weight is 292 g/mol. The van der Waals surface area contributed by atoms with Gasteiger partial charge < -0.3 is 24.2 Å². The lowest BCUT2D eigenvalue weighted by Crippen LogP contribution is -2.19. The van der Waals surface area contributed by atoms with Crippen LogP contribution in [0.4, 0.5) is 4.79 Å². The van der Waals surface area contributed by atoms with E-state index in [0.29, 0.717) is 0 Å². The molecule has 8 nitrogen and oxygen atoms in total. The number of carbonyl (C=O) groups excluding carboxylic acids is 1. The molecule has 8 heteroatoms. The fourth-order valence-corrected chi connectivity index (χ4v) is 0.836. The zero-order valence-corrected chi connectivity index (χ0v) is 12.0. The first-order valence-electron chi connectivity index (χ1n) is 5.89. The summed E-state index contributed by atoms with van der Waals surface area (Å²) in [6.07, 6.45) is -0.258. The van der Waals surface area contributed by atoms with Crippen LogP contribution in [0.25, 0.3) is 0 Å². The fourth-order valence-electron chi connectivity index (χ4n) is 0.836. The van der Waals surface area contributed by atoms with E-state index in [1.807, 2.05) is 0 Å². The quantitative estimate of drug-likeness (QED) is 0.138. The summed E-state index contributed by atoms with van der Waals surface area (Å²) in [6.45, 7) is 6.74. The molecule has 0 aromatic heterocycles. The number of esters is 1. The summed E-state index contributed by atoms with van der Waals surface area (Å²) >= 11 is 0. The van der Waals surface area contributed by atoms with Crippen molar-refractivity contribution in [2.45, 2.75) is 39.6 Å². The summed E-state index contributed by atoms with van der Waals surface area (Å²) < 4.78 is 13.9. The molecule has 1 unspecified atom stereocenters. The molecule has 20 heavy (non-hydrogen) atoms. The molecule has 0 aromatic carbocycles. The Morgan fingerprint density at radius 3 is 2.45 bits per heavy atom. The van der Waals surface area contributed by atoms with Crippen LogP contribution in [0.1, 0.15) is 27.7 Å². The van der Waals surface area contributed by atoms with E-state index in [2.05, 4.69) is 9.62 Å². The minimum Gasteiger partial charge on any atom is -0.460 e. The van der Waals surface area contributed by atoms with Crippen LogP contribution in [0.5, 0.6) is 0 Å². The van der Waals surface area contributed by atoms with Crippen LogP contribution in [0.15, 0.2) is 12.3 Å². The van der Waals surface area contributed by atoms with Gasteiger partial charge in [0.25, 0.3) is 0 Å². The van der Waals surface area contributed by atoms with Crippen LogP contribution in [-0.4, -0.2) is 42.3 Å². The Morgan fingerprint density at radius 1 is 1.25 bits per heavy atom. The molecule has 0 bridgehead atoms. The van der Waals surface area contributed by atoms with Crippen LogP contribution < -0.4 is 0 Å². The molecule has 0 aromatic rings. The maximum atomic E-state index is 11.2. The van der Waals surface area contributed by atoms with E-state index in [4.69, 9.17) is 19.5 Å². The molecule has 0 rings (SSSR count). The van der Waals surface area contributed by atoms with Gasteiger partial charge in [-0.2, -0.15) is 4.89 Å². The summed E-state index contributed by atoms with van der Waals surface area (Å²) in [7, 11) is 0. The van der Waals surface area contributed by atoms with Crippen molar-refractivity contribution in [3.63, 3.8) is 0 Å². The third-order valence-corrected chi connectivity index (χ3v) is 1.50. The zero-order chi connectivity index (χ0) is 15.6. The number of carbonyl (C=O) groups is 2. The fraction of sp³-hybridized carbons (Fsp3) is 0.667. The molecule has 116 valence electrons. The van der Waals surface area contributed by atoms with Crippen LogP contribution >= 0.6 is 0 Å². The zero-order valence-electron chi connectivity index (χ0n) is 12.0. The van der Waals surface area contributed by atoms with Gasteiger partial charge in [0.05, 0.1) is 12.7 Å². The highest BCUT2D eigenvalue weighted by Crippen LogP contribution is 2.06. The Kier molecular flexibility index (Phi) is 8.33. The second-order valence-corrected chi connectivity index (χ2v) is 4.58. The number of hydrogen-bond donors (Lipinski definition) is 1. The van der Waals surface area contributed by atoms with Crippen molar-refractivity contribution >= 4 is 12.1 Å². The Balaban J connectivity index is 3.63. The van der Waals surface area contributed by atoms with Crippen molar-refractivity contribution in [2.24, 2.45) is 0 Å². The Labute approximate surface area is 117 Å². The largest absolute Gasteiger partial charge is 0.508 e. The highest BCUT2D eigenvalue weighted by Gasteiger charge is 2.11. The summed E-state index contributed by atoms with van der Waals surface area (Å²) in [5.74, 6) is -0.641. The van der Waals surface area contributed by atoms with Crippen LogP contribution in [-0.2, 0) is 28.8 Å². The average Bonchev–Trinajstić information content (AvgIpc) is 2.28. The maximum absolute atomic E-state index is 11.2. The number of rotatable bonds is 8. The van der Waals surface area contributed by atoms with Crippen molar-refractivity contribution in [3.8, 4) is 0 Å². The third kappa shape index (κ3) is 12.7. The van der Waals surface area contributed by atoms with Crippen molar-refractivity contribution in [1.29, 1.82) is 0 Å². The second-order valence-electron chi connectivity index (χ2n) is 4.58. The van der Waals surface area contributed by atoms with Crippen molar-refractivity contribution < 1.29 is 38.7 Å². The molecular formula is C12H20O8. The van der Waals surface area contributed by atoms with Gasteiger partial charge in [-0.3, -0.25) is 0 Å². The van der Waals surface area contributed by atoms with Crippen LogP contribution in [0, 0.1) is 0 Å². The van der Waals surface area contributed by atoms with E-state index in [0.717, 1.165) is 12.3 Å². The predicted molar refractivity (Wildman–Crippen MR) is 66.5 cm³/mol. The van der Waals surface area contributed by atoms with Gasteiger partial charge in [-0.15, -0.1) is 0 Å². The van der Waals surface area contributed by atoms with E-state index in [-0.39, 0.29) is 13.2 Å². The number of carboxylic acid groups (broad SMARTS) is 1. The monoisotopic (exact) mass is 292 g/mol. The highest BCUT2D eigenvalue weighted by molar-refractivity contribution is 5.81. The minimum atomic E-state index is -1.44. The second kappa shape index (κ2) is 9.16. The van der Waals surface area contributed by atoms with Crippen molar-refractivity contribution in [1.82, 2.24) is 0 Å². The predicted octanol–water partition coefficient (Wildman–Crippen LogP) is 1.85. The van der Waals surface area contributed by atoms with Crippen molar-refractivity contribution in [2.75, 3.05) is 13.2 Å². The minimum absolute atomic E-state index is 0.00732. The molecular weight excluding hydrogens is 272 g/mol. The van der Waals surface area contributed by atoms with E-state index in [1.165, 1.54) is 6.92 Å². The van der Waals surface area contributed by atoms with Gasteiger partial charge in [0, 0.05) is 0 Å². The van der Waals surface area contributed by atoms with Gasteiger partial charge in [0.1, 0.15) is 18.5 Å². The lowest BCUT2D eigenvalue weighted by molar-refractivity contribution is -0.310. The Bertz CT molecular complexity index is 331. The summed E-state index contributed by atoms with van der Waals surface area (Å²) in [5.41, 5.74) is -0.484. The first-order valence-corrected chi connectivity index (χ1v) is 5.89. The molecule has 0 saturated carbocycles. The normalized spacial score (nSPS) is 13.0. The molecule has 0 amide bonds. The molecule has 1 atom stereocenters. The van der Waals surface area contributed by atoms with Gasteiger partial charge in [0.15, 0.2) is 0 Å². The van der Waals surface area contributed by atoms with E-state index >= 15 is 0 Å². The molecule has 0 spiro atoms. The van der Waals surface area contributed by atoms with E-state index in [9.17, 15) is 9.59 Å². The number of ether oxygens (including phenoxy) is 3. The molecule has 0 aliphatic rings. The number of hydrogen-bond acceptors (Lipinski definition) is 7. The maximum Gasteiger partial charge on any atom is 0.508 e. The van der Waals surface area contributed by atoms with Gasteiger partial charge in [0.2, 0.25) is 6.29 Å². The highest BCUT2D eigenvalue weighted by atomic mass is 17.2. The van der Waals surface area contributed by atoms with Crippen LogP contribution in [0.3, 0.4) is 0 Å². The van der Waals surface area contributed by atoms with Crippen LogP contribution in [0.2, 0.25) is 0 Å². The van der Waals surface area contributed by atoms with Gasteiger partial charge in [-0.05, 0) is 27.7 Å². The van der Waals surface area contributed by atoms with Crippen molar-refractivity contribution in [3.05, 3.63) is 12.3 Å². The van der Waals surface area contributed by atoms with E-state index in [1.54, 1.807) is 20.8 Å². The lowest BCUT2D eigenvalue weighted by Gasteiger charge is -2.15. The summed E-state index contributed by atoms with van der Waals surface area (Å²) in [4.78, 5) is 30.9. The smallest absolute Gasteiger partial charge is 0.460 e. The first-order chi connectivity index (χ1) is 9.20. The molecule has 0 fully saturated rings. The Hall–Kier alpha value is -1.80. The molecule has 0 heterocycles. The lowest BCUT2D eigenvalue weighted by atomic mass is 10.2. The molecule has 0 saturated heterocycles. The molecule has 0 aliphatic carbocycles. The SMILES string of the molecule is CC(OCCOC(=O)C=COOC(C)(C)C)OC(=O)O. The van der Waals surface area contributed by atoms with Gasteiger partial charge >= 0.3 is 12.1 Å². The van der Waals surface area contributed by atoms with E-state index < -0.39 is 24.0 Å². The molecule has 0 aliphatic heterocycles. The van der Waals surface area contributed by atoms with Gasteiger partial charge in [-0.25, -0.2) is 9.59 Å². The first kappa shape index (κ1) is 18.2. The molecule has 0 radical (unpaired) electrons. The summed E-state index contributed by atoms with van der Waals surface area (Å²) in [5, 5.41) is 8.28. The summed E-state index contributed by atoms with van der Waals surface area (Å²) in [6, 6.07) is 0. The Morgan fingerprint density at radius 2 is 1.90 bits per heavy atom. The molecule has 1 N–H and O–H groups in total. The van der Waals surface area contributed by atoms with Gasteiger partial charge in [-0.1, -0.05) is 0 Å².